The number of hydrogen-bond acceptors (Lipinski definition) is 2. The van der Waals surface area contributed by atoms with Crippen LogP contribution in [0, 0.1) is 0 Å². The molecule has 2 nitrogen and oxygen atoms in total. The lowest BCUT2D eigenvalue weighted by molar-refractivity contribution is 0.354. The van der Waals surface area contributed by atoms with Gasteiger partial charge < -0.3 is 9.47 Å². The molecule has 17 heavy (non-hydrogen) atoms. The maximum absolute atomic E-state index is 5.33. The molecule has 0 aliphatic rings. The van der Waals surface area contributed by atoms with E-state index in [0.29, 0.717) is 5.92 Å². The second-order valence-corrected chi connectivity index (χ2v) is 4.02. The highest BCUT2D eigenvalue weighted by atomic mass is 16.5. The molecule has 0 bridgehead atoms. The number of methoxy groups -OCH3 is 2. The van der Waals surface area contributed by atoms with Crippen LogP contribution < -0.4 is 9.47 Å². The zero-order chi connectivity index (χ0) is 12.7. The molecular formula is C15H22O2. The van der Waals surface area contributed by atoms with Crippen LogP contribution in [-0.2, 0) is 0 Å². The SMILES string of the molecule is C/C=C\CC(CC)c1ccc(OC)c(OC)c1. The molecule has 1 aromatic rings. The minimum absolute atomic E-state index is 0.547. The summed E-state index contributed by atoms with van der Waals surface area (Å²) in [6, 6.07) is 6.18. The van der Waals surface area contributed by atoms with Crippen molar-refractivity contribution in [1.29, 1.82) is 0 Å². The molecule has 0 radical (unpaired) electrons. The van der Waals surface area contributed by atoms with E-state index in [4.69, 9.17) is 9.47 Å². The second kappa shape index (κ2) is 7.00. The van der Waals surface area contributed by atoms with Crippen LogP contribution in [0.5, 0.6) is 11.5 Å². The lowest BCUT2D eigenvalue weighted by atomic mass is 9.93. The smallest absolute Gasteiger partial charge is 0.160 e. The molecular weight excluding hydrogens is 212 g/mol. The van der Waals surface area contributed by atoms with Gasteiger partial charge in [-0.3, -0.25) is 0 Å². The minimum atomic E-state index is 0.547. The summed E-state index contributed by atoms with van der Waals surface area (Å²) in [5, 5.41) is 0. The molecule has 0 aliphatic heterocycles. The fraction of sp³-hybridized carbons (Fsp3) is 0.467. The molecule has 1 aromatic carbocycles. The topological polar surface area (TPSA) is 18.5 Å². The van der Waals surface area contributed by atoms with Gasteiger partial charge in [0.1, 0.15) is 0 Å². The third-order valence-corrected chi connectivity index (χ3v) is 3.03. The molecule has 0 fully saturated rings. The standard InChI is InChI=1S/C15H22O2/c1-5-7-8-12(6-2)13-9-10-14(16-3)15(11-13)17-4/h5,7,9-12H,6,8H2,1-4H3/b7-5-. The van der Waals surface area contributed by atoms with Crippen LogP contribution in [0.2, 0.25) is 0 Å². The van der Waals surface area contributed by atoms with E-state index in [2.05, 4.69) is 38.1 Å². The van der Waals surface area contributed by atoms with Crippen LogP contribution in [0.1, 0.15) is 38.2 Å². The predicted molar refractivity (Wildman–Crippen MR) is 72.0 cm³/mol. The molecule has 0 aromatic heterocycles. The van der Waals surface area contributed by atoms with Gasteiger partial charge in [0.05, 0.1) is 14.2 Å². The monoisotopic (exact) mass is 234 g/mol. The van der Waals surface area contributed by atoms with Crippen molar-refractivity contribution in [3.8, 4) is 11.5 Å². The normalized spacial score (nSPS) is 12.7. The zero-order valence-electron chi connectivity index (χ0n) is 11.2. The van der Waals surface area contributed by atoms with Crippen LogP contribution >= 0.6 is 0 Å². The van der Waals surface area contributed by atoms with Crippen LogP contribution in [0.15, 0.2) is 30.4 Å². The summed E-state index contributed by atoms with van der Waals surface area (Å²) in [6.07, 6.45) is 6.51. The van der Waals surface area contributed by atoms with Crippen molar-refractivity contribution in [3.63, 3.8) is 0 Å². The molecule has 0 spiro atoms. The zero-order valence-corrected chi connectivity index (χ0v) is 11.2. The number of benzene rings is 1. The highest BCUT2D eigenvalue weighted by Crippen LogP contribution is 2.33. The van der Waals surface area contributed by atoms with E-state index in [0.717, 1.165) is 24.3 Å². The first-order valence-corrected chi connectivity index (χ1v) is 6.09. The Morgan fingerprint density at radius 2 is 1.88 bits per heavy atom. The van der Waals surface area contributed by atoms with Crippen molar-refractivity contribution in [2.24, 2.45) is 0 Å². The second-order valence-electron chi connectivity index (χ2n) is 4.02. The summed E-state index contributed by atoms with van der Waals surface area (Å²) in [7, 11) is 3.34. The summed E-state index contributed by atoms with van der Waals surface area (Å²) in [5.41, 5.74) is 1.31. The summed E-state index contributed by atoms with van der Waals surface area (Å²) in [4.78, 5) is 0. The van der Waals surface area contributed by atoms with Crippen LogP contribution in [-0.4, -0.2) is 14.2 Å². The molecule has 0 saturated carbocycles. The first-order chi connectivity index (χ1) is 8.26. The fourth-order valence-electron chi connectivity index (χ4n) is 1.95. The Hall–Kier alpha value is -1.44. The Kier molecular flexibility index (Phi) is 5.61. The van der Waals surface area contributed by atoms with Crippen LogP contribution in [0.25, 0.3) is 0 Å². The average Bonchev–Trinajstić information content (AvgIpc) is 2.39. The lowest BCUT2D eigenvalue weighted by Crippen LogP contribution is -1.98. The molecule has 0 saturated heterocycles. The van der Waals surface area contributed by atoms with E-state index in [1.807, 2.05) is 6.07 Å². The summed E-state index contributed by atoms with van der Waals surface area (Å²) < 4.78 is 10.6. The summed E-state index contributed by atoms with van der Waals surface area (Å²) in [6.45, 7) is 4.27. The molecule has 94 valence electrons. The Bertz CT molecular complexity index is 369. The lowest BCUT2D eigenvalue weighted by Gasteiger charge is -2.16. The van der Waals surface area contributed by atoms with E-state index in [1.54, 1.807) is 14.2 Å². The van der Waals surface area contributed by atoms with Gasteiger partial charge in [0.25, 0.3) is 0 Å². The average molecular weight is 234 g/mol. The highest BCUT2D eigenvalue weighted by molar-refractivity contribution is 5.44. The molecule has 1 atom stereocenters. The van der Waals surface area contributed by atoms with E-state index in [1.165, 1.54) is 5.56 Å². The maximum Gasteiger partial charge on any atom is 0.160 e. The Balaban J connectivity index is 2.96. The van der Waals surface area contributed by atoms with Gasteiger partial charge in [-0.2, -0.15) is 0 Å². The Morgan fingerprint density at radius 3 is 2.41 bits per heavy atom. The van der Waals surface area contributed by atoms with E-state index < -0.39 is 0 Å². The molecule has 1 rings (SSSR count). The van der Waals surface area contributed by atoms with Gasteiger partial charge in [-0.25, -0.2) is 0 Å². The molecule has 0 heterocycles. The minimum Gasteiger partial charge on any atom is -0.493 e. The summed E-state index contributed by atoms with van der Waals surface area (Å²) >= 11 is 0. The van der Waals surface area contributed by atoms with Crippen LogP contribution in [0.4, 0.5) is 0 Å². The van der Waals surface area contributed by atoms with Crippen molar-refractivity contribution in [2.75, 3.05) is 14.2 Å². The first kappa shape index (κ1) is 13.6. The third-order valence-electron chi connectivity index (χ3n) is 3.03. The highest BCUT2D eigenvalue weighted by Gasteiger charge is 2.11. The van der Waals surface area contributed by atoms with Gasteiger partial charge in [0.2, 0.25) is 0 Å². The van der Waals surface area contributed by atoms with Gasteiger partial charge in [-0.15, -0.1) is 0 Å². The van der Waals surface area contributed by atoms with Gasteiger partial charge in [0, 0.05) is 0 Å². The van der Waals surface area contributed by atoms with E-state index >= 15 is 0 Å². The molecule has 0 N–H and O–H groups in total. The van der Waals surface area contributed by atoms with Gasteiger partial charge >= 0.3 is 0 Å². The number of rotatable bonds is 6. The Morgan fingerprint density at radius 1 is 1.18 bits per heavy atom. The quantitative estimate of drug-likeness (QED) is 0.688. The van der Waals surface area contributed by atoms with Crippen molar-refractivity contribution >= 4 is 0 Å². The number of allylic oxidation sites excluding steroid dienone is 2. The van der Waals surface area contributed by atoms with Crippen molar-refractivity contribution in [3.05, 3.63) is 35.9 Å². The molecule has 0 aliphatic carbocycles. The van der Waals surface area contributed by atoms with Crippen molar-refractivity contribution < 1.29 is 9.47 Å². The molecule has 2 heteroatoms. The van der Waals surface area contributed by atoms with Gasteiger partial charge in [-0.1, -0.05) is 25.1 Å². The van der Waals surface area contributed by atoms with E-state index in [-0.39, 0.29) is 0 Å². The van der Waals surface area contributed by atoms with Gasteiger partial charge in [-0.05, 0) is 43.4 Å². The van der Waals surface area contributed by atoms with E-state index in [9.17, 15) is 0 Å². The number of ether oxygens (including phenoxy) is 2. The van der Waals surface area contributed by atoms with Crippen molar-refractivity contribution in [2.45, 2.75) is 32.6 Å². The van der Waals surface area contributed by atoms with Crippen molar-refractivity contribution in [1.82, 2.24) is 0 Å². The Labute approximate surface area is 104 Å². The van der Waals surface area contributed by atoms with Crippen LogP contribution in [0.3, 0.4) is 0 Å². The largest absolute Gasteiger partial charge is 0.493 e. The number of hydrogen-bond donors (Lipinski definition) is 0. The molecule has 0 amide bonds. The third kappa shape index (κ3) is 3.52. The summed E-state index contributed by atoms with van der Waals surface area (Å²) in [5.74, 6) is 2.15. The first-order valence-electron chi connectivity index (χ1n) is 6.09. The van der Waals surface area contributed by atoms with Gasteiger partial charge in [0.15, 0.2) is 11.5 Å². The fourth-order valence-corrected chi connectivity index (χ4v) is 1.95. The molecule has 1 unspecified atom stereocenters. The maximum atomic E-state index is 5.33. The predicted octanol–water partition coefficient (Wildman–Crippen LogP) is 4.16.